The van der Waals surface area contributed by atoms with Crippen molar-refractivity contribution in [3.8, 4) is 0 Å². The van der Waals surface area contributed by atoms with Crippen LogP contribution in [0.3, 0.4) is 0 Å². The fourth-order valence-electron chi connectivity index (χ4n) is 1.86. The van der Waals surface area contributed by atoms with Gasteiger partial charge in [0.05, 0.1) is 0 Å². The topological polar surface area (TPSA) is 58.2 Å². The molecule has 0 aliphatic carbocycles. The molecule has 7 heteroatoms. The maximum atomic E-state index is 12.1. The van der Waals surface area contributed by atoms with E-state index in [-0.39, 0.29) is 6.04 Å². The highest BCUT2D eigenvalue weighted by atomic mass is 79.9. The molecule has 1 atom stereocenters. The number of hydrogen-bond donors (Lipinski definition) is 2. The standard InChI is InChI=1S/C10H15BrN2O2S2/c11-9-4-6-16-10(9)17(14,15)13-8-3-1-2-5-12-7-8/h4,6,8,12-13H,1-3,5,7H2. The SMILES string of the molecule is O=S(=O)(NC1CCCCNC1)c1sccc1Br. The molecule has 0 bridgehead atoms. The summed E-state index contributed by atoms with van der Waals surface area (Å²) in [7, 11) is -3.38. The summed E-state index contributed by atoms with van der Waals surface area (Å²) in [6, 6.07) is 1.75. The third-order valence-corrected chi connectivity index (χ3v) is 6.89. The van der Waals surface area contributed by atoms with Gasteiger partial charge >= 0.3 is 0 Å². The van der Waals surface area contributed by atoms with E-state index in [4.69, 9.17) is 0 Å². The van der Waals surface area contributed by atoms with Crippen LogP contribution in [0.2, 0.25) is 0 Å². The Labute approximate surface area is 114 Å². The van der Waals surface area contributed by atoms with E-state index in [9.17, 15) is 8.42 Å². The van der Waals surface area contributed by atoms with Gasteiger partial charge in [0.25, 0.3) is 10.0 Å². The lowest BCUT2D eigenvalue weighted by Gasteiger charge is -2.15. The molecule has 2 heterocycles. The van der Waals surface area contributed by atoms with Gasteiger partial charge in [-0.05, 0) is 46.8 Å². The van der Waals surface area contributed by atoms with Gasteiger partial charge in [-0.2, -0.15) is 0 Å². The van der Waals surface area contributed by atoms with Crippen LogP contribution in [-0.2, 0) is 10.0 Å². The maximum absolute atomic E-state index is 12.1. The molecule has 4 nitrogen and oxygen atoms in total. The lowest BCUT2D eigenvalue weighted by molar-refractivity contribution is 0.522. The van der Waals surface area contributed by atoms with Crippen LogP contribution < -0.4 is 10.0 Å². The van der Waals surface area contributed by atoms with Gasteiger partial charge in [-0.25, -0.2) is 13.1 Å². The first kappa shape index (κ1) is 13.5. The van der Waals surface area contributed by atoms with Crippen LogP contribution in [0.5, 0.6) is 0 Å². The Morgan fingerprint density at radius 3 is 3.00 bits per heavy atom. The van der Waals surface area contributed by atoms with Crippen molar-refractivity contribution in [1.82, 2.24) is 10.0 Å². The van der Waals surface area contributed by atoms with Crippen LogP contribution in [-0.4, -0.2) is 27.5 Å². The van der Waals surface area contributed by atoms with Gasteiger partial charge in [0, 0.05) is 17.1 Å². The highest BCUT2D eigenvalue weighted by molar-refractivity contribution is 9.10. The molecule has 0 amide bonds. The summed E-state index contributed by atoms with van der Waals surface area (Å²) in [5.41, 5.74) is 0. The van der Waals surface area contributed by atoms with Crippen molar-refractivity contribution in [3.05, 3.63) is 15.9 Å². The first-order valence-corrected chi connectivity index (χ1v) is 8.71. The first-order chi connectivity index (χ1) is 8.09. The molecule has 0 spiro atoms. The Morgan fingerprint density at radius 1 is 1.47 bits per heavy atom. The summed E-state index contributed by atoms with van der Waals surface area (Å²) in [5, 5.41) is 5.01. The van der Waals surface area contributed by atoms with Crippen molar-refractivity contribution in [2.75, 3.05) is 13.1 Å². The highest BCUT2D eigenvalue weighted by Gasteiger charge is 2.23. The molecule has 1 aromatic rings. The molecule has 96 valence electrons. The summed E-state index contributed by atoms with van der Waals surface area (Å²) in [5.74, 6) is 0. The number of halogens is 1. The molecule has 0 aromatic carbocycles. The molecule has 0 radical (unpaired) electrons. The average molecular weight is 339 g/mol. The zero-order valence-electron chi connectivity index (χ0n) is 9.28. The Morgan fingerprint density at radius 2 is 2.29 bits per heavy atom. The van der Waals surface area contributed by atoms with Gasteiger partial charge in [-0.1, -0.05) is 6.42 Å². The monoisotopic (exact) mass is 338 g/mol. The normalized spacial score (nSPS) is 22.3. The summed E-state index contributed by atoms with van der Waals surface area (Å²) in [6.45, 7) is 1.68. The van der Waals surface area contributed by atoms with E-state index in [0.29, 0.717) is 15.2 Å². The summed E-state index contributed by atoms with van der Waals surface area (Å²) in [6.07, 6.45) is 3.07. The second-order valence-electron chi connectivity index (χ2n) is 4.07. The fourth-order valence-corrected chi connectivity index (χ4v) is 5.49. The van der Waals surface area contributed by atoms with E-state index in [1.54, 1.807) is 11.4 Å². The molecule has 1 saturated heterocycles. The first-order valence-electron chi connectivity index (χ1n) is 5.55. The van der Waals surface area contributed by atoms with Crippen molar-refractivity contribution in [1.29, 1.82) is 0 Å². The lowest BCUT2D eigenvalue weighted by Crippen LogP contribution is -2.40. The number of rotatable bonds is 3. The lowest BCUT2D eigenvalue weighted by atomic mass is 10.2. The minimum atomic E-state index is -3.38. The Bertz CT molecular complexity index is 464. The number of sulfonamides is 1. The number of hydrogen-bond acceptors (Lipinski definition) is 4. The number of nitrogens with one attached hydrogen (secondary N) is 2. The number of thiophene rings is 1. The molecule has 2 N–H and O–H groups in total. The van der Waals surface area contributed by atoms with Crippen LogP contribution in [0.1, 0.15) is 19.3 Å². The van der Waals surface area contributed by atoms with E-state index in [1.165, 1.54) is 11.3 Å². The fraction of sp³-hybridized carbons (Fsp3) is 0.600. The molecule has 1 unspecified atom stereocenters. The van der Waals surface area contributed by atoms with E-state index in [0.717, 1.165) is 25.8 Å². The molecule has 1 fully saturated rings. The zero-order chi connectivity index (χ0) is 12.3. The van der Waals surface area contributed by atoms with Gasteiger partial charge < -0.3 is 5.32 Å². The third kappa shape index (κ3) is 3.51. The van der Waals surface area contributed by atoms with Crippen LogP contribution >= 0.6 is 27.3 Å². The summed E-state index contributed by atoms with van der Waals surface area (Å²) < 4.78 is 28.0. The quantitative estimate of drug-likeness (QED) is 0.885. The van der Waals surface area contributed by atoms with Crippen LogP contribution in [0, 0.1) is 0 Å². The highest BCUT2D eigenvalue weighted by Crippen LogP contribution is 2.27. The van der Waals surface area contributed by atoms with Crippen LogP contribution in [0.4, 0.5) is 0 Å². The molecule has 0 saturated carbocycles. The molecule has 1 aromatic heterocycles. The smallest absolute Gasteiger partial charge is 0.251 e. The van der Waals surface area contributed by atoms with Crippen LogP contribution in [0.15, 0.2) is 20.1 Å². The molecule has 2 rings (SSSR count). The molecule has 1 aliphatic heterocycles. The van der Waals surface area contributed by atoms with Gasteiger partial charge in [-0.15, -0.1) is 11.3 Å². The second-order valence-corrected chi connectivity index (χ2v) is 7.75. The largest absolute Gasteiger partial charge is 0.315 e. The van der Waals surface area contributed by atoms with Crippen molar-refractivity contribution >= 4 is 37.3 Å². The van der Waals surface area contributed by atoms with Crippen LogP contribution in [0.25, 0.3) is 0 Å². The van der Waals surface area contributed by atoms with Crippen molar-refractivity contribution < 1.29 is 8.42 Å². The Kier molecular flexibility index (Phi) is 4.59. The second kappa shape index (κ2) is 5.79. The Balaban J connectivity index is 2.09. The van der Waals surface area contributed by atoms with Gasteiger partial charge in [0.15, 0.2) is 0 Å². The molecule has 17 heavy (non-hydrogen) atoms. The van der Waals surface area contributed by atoms with Gasteiger partial charge in [0.2, 0.25) is 0 Å². The van der Waals surface area contributed by atoms with E-state index < -0.39 is 10.0 Å². The minimum Gasteiger partial charge on any atom is -0.315 e. The summed E-state index contributed by atoms with van der Waals surface area (Å²) in [4.78, 5) is 0. The van der Waals surface area contributed by atoms with E-state index >= 15 is 0 Å². The van der Waals surface area contributed by atoms with Gasteiger partial charge in [0.1, 0.15) is 4.21 Å². The van der Waals surface area contributed by atoms with E-state index in [1.807, 2.05) is 0 Å². The van der Waals surface area contributed by atoms with Crippen molar-refractivity contribution in [3.63, 3.8) is 0 Å². The van der Waals surface area contributed by atoms with Gasteiger partial charge in [-0.3, -0.25) is 0 Å². The zero-order valence-corrected chi connectivity index (χ0v) is 12.5. The predicted octanol–water partition coefficient (Wildman–Crippen LogP) is 1.93. The van der Waals surface area contributed by atoms with Crippen molar-refractivity contribution in [2.45, 2.75) is 29.5 Å². The predicted molar refractivity (Wildman–Crippen MR) is 72.8 cm³/mol. The average Bonchev–Trinajstić information content (AvgIpc) is 2.55. The van der Waals surface area contributed by atoms with Crippen molar-refractivity contribution in [2.24, 2.45) is 0 Å². The Hall–Kier alpha value is 0.0500. The maximum Gasteiger partial charge on any atom is 0.251 e. The molecular formula is C10H15BrN2O2S2. The van der Waals surface area contributed by atoms with E-state index in [2.05, 4.69) is 26.0 Å². The molecule has 1 aliphatic rings. The molecular weight excluding hydrogens is 324 g/mol. The minimum absolute atomic E-state index is 0.00324. The summed E-state index contributed by atoms with van der Waals surface area (Å²) >= 11 is 4.49. The third-order valence-electron chi connectivity index (χ3n) is 2.70.